The lowest BCUT2D eigenvalue weighted by Gasteiger charge is -2.24. The number of hydrogen-bond donors (Lipinski definition) is 0. The summed E-state index contributed by atoms with van der Waals surface area (Å²) in [6.45, 7) is 0.478. The van der Waals surface area contributed by atoms with E-state index in [0.29, 0.717) is 11.7 Å². The monoisotopic (exact) mass is 318 g/mol. The smallest absolute Gasteiger partial charge is 0.233 e. The normalized spacial score (nSPS) is 15.4. The molecule has 1 heterocycles. The number of likely N-dealkylation sites (N-methyl/N-ethyl adjacent to an activating group) is 1. The minimum absolute atomic E-state index is 0.0639. The number of rotatable bonds is 4. The summed E-state index contributed by atoms with van der Waals surface area (Å²) >= 11 is 5.76. The molecule has 3 rings (SSSR count). The zero-order chi connectivity index (χ0) is 15.7. The van der Waals surface area contributed by atoms with E-state index in [1.54, 1.807) is 36.3 Å². The first-order chi connectivity index (χ1) is 10.5. The van der Waals surface area contributed by atoms with Crippen molar-refractivity contribution in [3.05, 3.63) is 64.7 Å². The number of aromatic nitrogens is 1. The molecule has 0 unspecified atom stereocenters. The maximum atomic E-state index is 13.1. The summed E-state index contributed by atoms with van der Waals surface area (Å²) in [5, 5.41) is 0.433. The van der Waals surface area contributed by atoms with Crippen molar-refractivity contribution in [1.82, 2.24) is 9.88 Å². The second-order valence-electron chi connectivity index (χ2n) is 5.74. The predicted molar refractivity (Wildman–Crippen MR) is 83.0 cm³/mol. The van der Waals surface area contributed by atoms with Gasteiger partial charge in [0.1, 0.15) is 11.0 Å². The van der Waals surface area contributed by atoms with Crippen molar-refractivity contribution in [2.24, 2.45) is 0 Å². The number of carbonyl (C=O) groups is 1. The van der Waals surface area contributed by atoms with Gasteiger partial charge in [0.25, 0.3) is 0 Å². The van der Waals surface area contributed by atoms with Crippen molar-refractivity contribution in [2.45, 2.75) is 24.8 Å². The Morgan fingerprint density at radius 3 is 2.50 bits per heavy atom. The Morgan fingerprint density at radius 2 is 1.95 bits per heavy atom. The van der Waals surface area contributed by atoms with Gasteiger partial charge in [0.15, 0.2) is 0 Å². The van der Waals surface area contributed by atoms with E-state index in [4.69, 9.17) is 11.6 Å². The van der Waals surface area contributed by atoms with Gasteiger partial charge in [0, 0.05) is 19.8 Å². The van der Waals surface area contributed by atoms with Crippen molar-refractivity contribution in [1.29, 1.82) is 0 Å². The van der Waals surface area contributed by atoms with Crippen LogP contribution in [0.5, 0.6) is 0 Å². The average molecular weight is 319 g/mol. The van der Waals surface area contributed by atoms with Crippen LogP contribution in [0.25, 0.3) is 0 Å². The molecule has 0 aliphatic heterocycles. The zero-order valence-electron chi connectivity index (χ0n) is 12.2. The molecule has 1 aliphatic rings. The topological polar surface area (TPSA) is 33.2 Å². The maximum Gasteiger partial charge on any atom is 0.233 e. The van der Waals surface area contributed by atoms with Crippen LogP contribution in [0.4, 0.5) is 4.39 Å². The Bertz CT molecular complexity index is 681. The molecule has 5 heteroatoms. The van der Waals surface area contributed by atoms with E-state index in [9.17, 15) is 9.18 Å². The predicted octanol–water partition coefficient (Wildman–Crippen LogP) is 3.56. The second kappa shape index (κ2) is 5.69. The average Bonchev–Trinajstić information content (AvgIpc) is 3.31. The molecule has 0 spiro atoms. The van der Waals surface area contributed by atoms with Gasteiger partial charge in [-0.1, -0.05) is 29.8 Å². The minimum Gasteiger partial charge on any atom is -0.341 e. The molecular weight excluding hydrogens is 303 g/mol. The van der Waals surface area contributed by atoms with E-state index >= 15 is 0 Å². The standard InChI is InChI=1S/C17H16ClFN2O/c1-21(11-12-2-7-15(18)20-10-12)16(22)17(8-9-17)13-3-5-14(19)6-4-13/h2-7,10H,8-9,11H2,1H3. The summed E-state index contributed by atoms with van der Waals surface area (Å²) in [5.41, 5.74) is 1.33. The lowest BCUT2D eigenvalue weighted by molar-refractivity contribution is -0.133. The molecule has 114 valence electrons. The molecule has 2 aromatic rings. The number of hydrogen-bond acceptors (Lipinski definition) is 2. The molecule has 1 amide bonds. The van der Waals surface area contributed by atoms with Crippen LogP contribution in [-0.2, 0) is 16.8 Å². The van der Waals surface area contributed by atoms with Crippen LogP contribution in [0.15, 0.2) is 42.6 Å². The van der Waals surface area contributed by atoms with E-state index < -0.39 is 5.41 Å². The van der Waals surface area contributed by atoms with Gasteiger partial charge in [0.2, 0.25) is 5.91 Å². The van der Waals surface area contributed by atoms with Crippen LogP contribution >= 0.6 is 11.6 Å². The third-order valence-electron chi connectivity index (χ3n) is 4.11. The summed E-state index contributed by atoms with van der Waals surface area (Å²) in [6, 6.07) is 9.80. The van der Waals surface area contributed by atoms with Gasteiger partial charge >= 0.3 is 0 Å². The summed E-state index contributed by atoms with van der Waals surface area (Å²) in [5.74, 6) is -0.221. The van der Waals surface area contributed by atoms with Crippen molar-refractivity contribution in [2.75, 3.05) is 7.05 Å². The first-order valence-corrected chi connectivity index (χ1v) is 7.51. The number of halogens is 2. The molecule has 1 aromatic carbocycles. The van der Waals surface area contributed by atoms with E-state index in [1.807, 2.05) is 6.07 Å². The highest BCUT2D eigenvalue weighted by Gasteiger charge is 2.52. The first kappa shape index (κ1) is 15.0. The van der Waals surface area contributed by atoms with E-state index in [1.165, 1.54) is 12.1 Å². The third-order valence-corrected chi connectivity index (χ3v) is 4.33. The molecule has 1 fully saturated rings. The van der Waals surface area contributed by atoms with Crippen LogP contribution in [0.3, 0.4) is 0 Å². The second-order valence-corrected chi connectivity index (χ2v) is 6.13. The molecule has 1 aromatic heterocycles. The lowest BCUT2D eigenvalue weighted by Crippen LogP contribution is -2.36. The molecule has 3 nitrogen and oxygen atoms in total. The lowest BCUT2D eigenvalue weighted by atomic mass is 9.94. The Morgan fingerprint density at radius 1 is 1.27 bits per heavy atom. The summed E-state index contributed by atoms with van der Waals surface area (Å²) < 4.78 is 13.1. The highest BCUT2D eigenvalue weighted by molar-refractivity contribution is 6.29. The first-order valence-electron chi connectivity index (χ1n) is 7.13. The van der Waals surface area contributed by atoms with Gasteiger partial charge in [-0.05, 0) is 42.2 Å². The minimum atomic E-state index is -0.484. The molecular formula is C17H16ClFN2O. The Balaban J connectivity index is 1.75. The van der Waals surface area contributed by atoms with Crippen molar-refractivity contribution in [3.63, 3.8) is 0 Å². The molecule has 22 heavy (non-hydrogen) atoms. The summed E-state index contributed by atoms with van der Waals surface area (Å²) in [4.78, 5) is 18.5. The number of amides is 1. The van der Waals surface area contributed by atoms with Crippen LogP contribution in [0.2, 0.25) is 5.15 Å². The van der Waals surface area contributed by atoms with E-state index in [2.05, 4.69) is 4.98 Å². The Hall–Kier alpha value is -1.94. The molecule has 1 saturated carbocycles. The Labute approximate surface area is 133 Å². The highest BCUT2D eigenvalue weighted by Crippen LogP contribution is 2.49. The van der Waals surface area contributed by atoms with Gasteiger partial charge in [0.05, 0.1) is 5.41 Å². The molecule has 0 atom stereocenters. The van der Waals surface area contributed by atoms with Crippen LogP contribution < -0.4 is 0 Å². The van der Waals surface area contributed by atoms with E-state index in [-0.39, 0.29) is 11.7 Å². The fourth-order valence-electron chi connectivity index (χ4n) is 2.73. The number of pyridine rings is 1. The van der Waals surface area contributed by atoms with Crippen LogP contribution in [0.1, 0.15) is 24.0 Å². The zero-order valence-corrected chi connectivity index (χ0v) is 13.0. The third kappa shape index (κ3) is 2.83. The molecule has 0 bridgehead atoms. The van der Waals surface area contributed by atoms with Gasteiger partial charge in [-0.25, -0.2) is 9.37 Å². The van der Waals surface area contributed by atoms with E-state index in [0.717, 1.165) is 24.0 Å². The number of nitrogens with zero attached hydrogens (tertiary/aromatic N) is 2. The van der Waals surface area contributed by atoms with Crippen LogP contribution in [-0.4, -0.2) is 22.8 Å². The maximum absolute atomic E-state index is 13.1. The molecule has 1 aliphatic carbocycles. The fourth-order valence-corrected chi connectivity index (χ4v) is 2.84. The Kier molecular flexibility index (Phi) is 3.87. The SMILES string of the molecule is CN(Cc1ccc(Cl)nc1)C(=O)C1(c2ccc(F)cc2)CC1. The fraction of sp³-hybridized carbons (Fsp3) is 0.294. The summed E-state index contributed by atoms with van der Waals surface area (Å²) in [6.07, 6.45) is 3.28. The van der Waals surface area contributed by atoms with Crippen molar-refractivity contribution in [3.8, 4) is 0 Å². The van der Waals surface area contributed by atoms with Gasteiger partial charge in [-0.3, -0.25) is 4.79 Å². The number of carbonyl (C=O) groups excluding carboxylic acids is 1. The number of benzene rings is 1. The van der Waals surface area contributed by atoms with Crippen molar-refractivity contribution >= 4 is 17.5 Å². The van der Waals surface area contributed by atoms with Gasteiger partial charge < -0.3 is 4.90 Å². The van der Waals surface area contributed by atoms with Gasteiger partial charge in [-0.2, -0.15) is 0 Å². The quantitative estimate of drug-likeness (QED) is 0.808. The van der Waals surface area contributed by atoms with Crippen LogP contribution in [0, 0.1) is 5.82 Å². The summed E-state index contributed by atoms with van der Waals surface area (Å²) in [7, 11) is 1.78. The largest absolute Gasteiger partial charge is 0.341 e. The molecule has 0 radical (unpaired) electrons. The van der Waals surface area contributed by atoms with Crippen molar-refractivity contribution < 1.29 is 9.18 Å². The molecule has 0 saturated heterocycles. The highest BCUT2D eigenvalue weighted by atomic mass is 35.5. The molecule has 0 N–H and O–H groups in total. The van der Waals surface area contributed by atoms with Gasteiger partial charge in [-0.15, -0.1) is 0 Å².